The van der Waals surface area contributed by atoms with E-state index in [0.29, 0.717) is 37.0 Å². The number of likely N-dealkylation sites (tertiary alicyclic amines) is 1. The van der Waals surface area contributed by atoms with Gasteiger partial charge in [-0.15, -0.1) is 0 Å². The van der Waals surface area contributed by atoms with Crippen LogP contribution in [0, 0.1) is 11.8 Å². The number of para-hydroxylation sites is 2. The van der Waals surface area contributed by atoms with Crippen LogP contribution in [0.15, 0.2) is 24.3 Å². The van der Waals surface area contributed by atoms with E-state index in [1.165, 1.54) is 0 Å². The van der Waals surface area contributed by atoms with Crippen LogP contribution in [-0.2, 0) is 14.3 Å². The molecule has 0 radical (unpaired) electrons. The van der Waals surface area contributed by atoms with Crippen molar-refractivity contribution >= 4 is 22.9 Å². The Labute approximate surface area is 162 Å². The largest absolute Gasteiger partial charge is 0.454 e. The number of hydrogen-bond donors (Lipinski definition) is 0. The van der Waals surface area contributed by atoms with Crippen molar-refractivity contribution in [3.63, 3.8) is 0 Å². The van der Waals surface area contributed by atoms with Crippen LogP contribution in [-0.4, -0.2) is 39.4 Å². The van der Waals surface area contributed by atoms with E-state index in [1.54, 1.807) is 36.1 Å². The number of carbonyl (C=O) groups excluding carboxylic acids is 2. The summed E-state index contributed by atoms with van der Waals surface area (Å²) >= 11 is 0. The van der Waals surface area contributed by atoms with E-state index in [4.69, 9.17) is 4.74 Å². The van der Waals surface area contributed by atoms with Crippen molar-refractivity contribution in [3.8, 4) is 0 Å². The Balaban J connectivity index is 1.68. The molecule has 0 aliphatic carbocycles. The van der Waals surface area contributed by atoms with Crippen molar-refractivity contribution in [1.29, 1.82) is 0 Å². The molecule has 1 saturated heterocycles. The van der Waals surface area contributed by atoms with Crippen LogP contribution in [0.5, 0.6) is 0 Å². The second-order valence-electron chi connectivity index (χ2n) is 7.44. The first kappa shape index (κ1) is 20.2. The monoisotopic (exact) mass is 393 g/mol. The highest BCUT2D eigenvalue weighted by Crippen LogP contribution is 2.29. The predicted octanol–water partition coefficient (Wildman–Crippen LogP) is 3.93. The average molecular weight is 393 g/mol. The van der Waals surface area contributed by atoms with Crippen LogP contribution >= 0.6 is 0 Å². The second kappa shape index (κ2) is 8.24. The molecular formula is C20H25F2N3O3. The second-order valence-corrected chi connectivity index (χ2v) is 7.44. The molecule has 0 spiro atoms. The maximum absolute atomic E-state index is 13.6. The molecule has 0 N–H and O–H groups in total. The molecule has 1 aliphatic heterocycles. The van der Waals surface area contributed by atoms with Crippen molar-refractivity contribution in [2.24, 2.45) is 11.8 Å². The van der Waals surface area contributed by atoms with Crippen molar-refractivity contribution < 1.29 is 23.1 Å². The highest BCUT2D eigenvalue weighted by molar-refractivity contribution is 5.79. The minimum absolute atomic E-state index is 0.0250. The normalized spacial score (nSPS) is 16.8. The molecule has 1 aromatic carbocycles. The quantitative estimate of drug-likeness (QED) is 0.722. The van der Waals surface area contributed by atoms with Crippen molar-refractivity contribution in [2.75, 3.05) is 13.1 Å². The number of piperidine rings is 1. The maximum Gasteiger partial charge on any atom is 0.320 e. The van der Waals surface area contributed by atoms with Gasteiger partial charge < -0.3 is 9.64 Å². The van der Waals surface area contributed by atoms with E-state index in [9.17, 15) is 18.4 Å². The number of carbonyl (C=O) groups is 2. The number of amides is 1. The number of benzene rings is 1. The fraction of sp³-hybridized carbons (Fsp3) is 0.550. The average Bonchev–Trinajstić information content (AvgIpc) is 3.07. The molecule has 28 heavy (non-hydrogen) atoms. The summed E-state index contributed by atoms with van der Waals surface area (Å²) in [5, 5.41) is 0. The standard InChI is InChI=1S/C20H25F2N3O3/c1-12(2)18(26)24-10-8-14(9-11-24)19(27)28-13(3)17-23-15-6-4-5-7-16(15)25(17)20(21)22/h4-7,12-14,20H,8-11H2,1-3H3. The van der Waals surface area contributed by atoms with Gasteiger partial charge in [0.05, 0.1) is 17.0 Å². The Morgan fingerprint density at radius 1 is 1.14 bits per heavy atom. The lowest BCUT2D eigenvalue weighted by atomic mass is 9.96. The molecule has 1 fully saturated rings. The van der Waals surface area contributed by atoms with E-state index < -0.39 is 18.6 Å². The van der Waals surface area contributed by atoms with Gasteiger partial charge >= 0.3 is 12.5 Å². The zero-order valence-electron chi connectivity index (χ0n) is 16.3. The Hall–Kier alpha value is -2.51. The molecule has 8 heteroatoms. The third-order valence-electron chi connectivity index (χ3n) is 5.11. The summed E-state index contributed by atoms with van der Waals surface area (Å²) < 4.78 is 33.4. The summed E-state index contributed by atoms with van der Waals surface area (Å²) in [6.07, 6.45) is 0.120. The lowest BCUT2D eigenvalue weighted by molar-refractivity contribution is -0.157. The summed E-state index contributed by atoms with van der Waals surface area (Å²) in [7, 11) is 0. The summed E-state index contributed by atoms with van der Waals surface area (Å²) in [5.74, 6) is -0.756. The first-order chi connectivity index (χ1) is 13.3. The number of fused-ring (bicyclic) bond motifs is 1. The molecule has 6 nitrogen and oxygen atoms in total. The Kier molecular flexibility index (Phi) is 5.96. The van der Waals surface area contributed by atoms with E-state index in [0.717, 1.165) is 4.57 Å². The number of rotatable bonds is 5. The van der Waals surface area contributed by atoms with Gasteiger partial charge in [0.1, 0.15) is 0 Å². The smallest absolute Gasteiger partial charge is 0.320 e. The Bertz CT molecular complexity index is 857. The van der Waals surface area contributed by atoms with E-state index >= 15 is 0 Å². The van der Waals surface area contributed by atoms with Crippen molar-refractivity contribution in [1.82, 2.24) is 14.5 Å². The lowest BCUT2D eigenvalue weighted by Gasteiger charge is -2.32. The fourth-order valence-corrected chi connectivity index (χ4v) is 3.58. The summed E-state index contributed by atoms with van der Waals surface area (Å²) in [6.45, 7) is 3.46. The number of hydrogen-bond acceptors (Lipinski definition) is 4. The van der Waals surface area contributed by atoms with Crippen LogP contribution in [0.25, 0.3) is 11.0 Å². The molecule has 152 valence electrons. The van der Waals surface area contributed by atoms with Gasteiger partial charge in [0.15, 0.2) is 11.9 Å². The zero-order valence-corrected chi connectivity index (χ0v) is 16.3. The summed E-state index contributed by atoms with van der Waals surface area (Å²) in [4.78, 5) is 30.6. The molecule has 1 aliphatic rings. The van der Waals surface area contributed by atoms with Gasteiger partial charge in [0.25, 0.3) is 0 Å². The fourth-order valence-electron chi connectivity index (χ4n) is 3.58. The van der Waals surface area contributed by atoms with Crippen LogP contribution in [0.3, 0.4) is 0 Å². The zero-order chi connectivity index (χ0) is 20.4. The van der Waals surface area contributed by atoms with Crippen molar-refractivity contribution in [3.05, 3.63) is 30.1 Å². The van der Waals surface area contributed by atoms with Gasteiger partial charge in [0, 0.05) is 19.0 Å². The van der Waals surface area contributed by atoms with E-state index in [2.05, 4.69) is 4.98 Å². The van der Waals surface area contributed by atoms with Gasteiger partial charge in [-0.3, -0.25) is 14.2 Å². The highest BCUT2D eigenvalue weighted by atomic mass is 19.3. The molecule has 3 rings (SSSR count). The molecule has 0 saturated carbocycles. The van der Waals surface area contributed by atoms with Gasteiger partial charge in [-0.2, -0.15) is 8.78 Å². The maximum atomic E-state index is 13.6. The SMILES string of the molecule is CC(C)C(=O)N1CCC(C(=O)OC(C)c2nc3ccccc3n2C(F)F)CC1. The molecular weight excluding hydrogens is 368 g/mol. The number of aromatic nitrogens is 2. The van der Waals surface area contributed by atoms with Gasteiger partial charge in [-0.25, -0.2) is 4.98 Å². The lowest BCUT2D eigenvalue weighted by Crippen LogP contribution is -2.42. The number of ether oxygens (including phenoxy) is 1. The van der Waals surface area contributed by atoms with Crippen molar-refractivity contribution in [2.45, 2.75) is 46.3 Å². The van der Waals surface area contributed by atoms with Gasteiger partial charge in [-0.05, 0) is 31.9 Å². The first-order valence-corrected chi connectivity index (χ1v) is 9.54. The molecule has 1 atom stereocenters. The third kappa shape index (κ3) is 4.00. The first-order valence-electron chi connectivity index (χ1n) is 9.54. The van der Waals surface area contributed by atoms with Gasteiger partial charge in [0.2, 0.25) is 5.91 Å². The predicted molar refractivity (Wildman–Crippen MR) is 99.6 cm³/mol. The van der Waals surface area contributed by atoms with E-state index in [1.807, 2.05) is 13.8 Å². The van der Waals surface area contributed by atoms with E-state index in [-0.39, 0.29) is 23.6 Å². The van der Waals surface area contributed by atoms with Crippen LogP contribution in [0.1, 0.15) is 52.1 Å². The number of esters is 1. The topological polar surface area (TPSA) is 64.4 Å². The van der Waals surface area contributed by atoms with Crippen LogP contribution < -0.4 is 0 Å². The highest BCUT2D eigenvalue weighted by Gasteiger charge is 2.31. The minimum atomic E-state index is -2.78. The molecule has 0 bridgehead atoms. The summed E-state index contributed by atoms with van der Waals surface area (Å²) in [6, 6.07) is 6.59. The van der Waals surface area contributed by atoms with Crippen LogP contribution in [0.2, 0.25) is 0 Å². The summed E-state index contributed by atoms with van der Waals surface area (Å²) in [5.41, 5.74) is 0.733. The number of nitrogens with zero attached hydrogens (tertiary/aromatic N) is 3. The Morgan fingerprint density at radius 3 is 2.39 bits per heavy atom. The van der Waals surface area contributed by atoms with Gasteiger partial charge in [-0.1, -0.05) is 26.0 Å². The number of imidazole rings is 1. The molecule has 1 amide bonds. The molecule has 1 aromatic heterocycles. The molecule has 1 unspecified atom stereocenters. The van der Waals surface area contributed by atoms with Crippen LogP contribution in [0.4, 0.5) is 8.78 Å². The molecule has 2 heterocycles. The number of halogens is 2. The minimum Gasteiger partial charge on any atom is -0.454 e. The molecule has 2 aromatic rings. The Morgan fingerprint density at radius 2 is 1.79 bits per heavy atom. The third-order valence-corrected chi connectivity index (χ3v) is 5.11. The number of alkyl halides is 2.